The Morgan fingerprint density at radius 1 is 0.737 bits per heavy atom. The SMILES string of the molecule is CCCCC[N]=[Ta].CC[N-]C.CC[N-]C.CC[N-]C. The summed E-state index contributed by atoms with van der Waals surface area (Å²) >= 11 is 1.20. The molecule has 0 saturated heterocycles. The number of hydrogen-bond acceptors (Lipinski definition) is 1. The molecule has 0 heterocycles. The molecule has 0 atom stereocenters. The van der Waals surface area contributed by atoms with Crippen LogP contribution in [0.2, 0.25) is 0 Å². The minimum absolute atomic E-state index is 0.944. The van der Waals surface area contributed by atoms with Gasteiger partial charge in [-0.2, -0.15) is 40.8 Å². The van der Waals surface area contributed by atoms with Crippen molar-refractivity contribution in [2.45, 2.75) is 47.0 Å². The summed E-state index contributed by atoms with van der Waals surface area (Å²) in [5.74, 6) is 0. The summed E-state index contributed by atoms with van der Waals surface area (Å²) in [6.45, 7) is 12.2. The summed E-state index contributed by atoms with van der Waals surface area (Å²) in [6.07, 6.45) is 3.96. The van der Waals surface area contributed by atoms with Crippen LogP contribution in [-0.2, 0) is 20.9 Å². The Bertz CT molecular complexity index is 98.1. The van der Waals surface area contributed by atoms with E-state index in [0.29, 0.717) is 0 Å². The third-order valence-electron chi connectivity index (χ3n) is 1.81. The van der Waals surface area contributed by atoms with Crippen molar-refractivity contribution < 1.29 is 20.9 Å². The predicted molar refractivity (Wildman–Crippen MR) is 86.3 cm³/mol. The molecule has 0 saturated carbocycles. The van der Waals surface area contributed by atoms with E-state index in [4.69, 9.17) is 0 Å². The number of rotatable bonds is 7. The normalized spacial score (nSPS) is 7.89. The fraction of sp³-hybridized carbons (Fsp3) is 1.00. The maximum absolute atomic E-state index is 4.08. The van der Waals surface area contributed by atoms with Gasteiger partial charge < -0.3 is 16.0 Å². The molecule has 0 aromatic carbocycles. The topological polar surface area (TPSA) is 54.7 Å². The summed E-state index contributed by atoms with van der Waals surface area (Å²) in [6, 6.07) is 0. The van der Waals surface area contributed by atoms with E-state index in [2.05, 4.69) is 26.2 Å². The van der Waals surface area contributed by atoms with Crippen LogP contribution in [0.25, 0.3) is 16.0 Å². The Morgan fingerprint density at radius 3 is 1.21 bits per heavy atom. The van der Waals surface area contributed by atoms with Gasteiger partial charge in [0.2, 0.25) is 0 Å². The monoisotopic (exact) mass is 440 g/mol. The molecule has 0 bridgehead atoms. The van der Waals surface area contributed by atoms with Gasteiger partial charge in [-0.25, -0.2) is 0 Å². The minimum Gasteiger partial charge on any atom is -0.665 e. The van der Waals surface area contributed by atoms with E-state index in [1.807, 2.05) is 20.8 Å². The van der Waals surface area contributed by atoms with Gasteiger partial charge in [-0.05, 0) is 0 Å². The van der Waals surface area contributed by atoms with Crippen molar-refractivity contribution in [2.24, 2.45) is 3.34 Å². The average Bonchev–Trinajstić information content (AvgIpc) is 2.48. The predicted octanol–water partition coefficient (Wildman–Crippen LogP) is 4.94. The molecule has 119 valence electrons. The van der Waals surface area contributed by atoms with Crippen LogP contribution in [0.5, 0.6) is 0 Å². The molecule has 0 aliphatic heterocycles. The van der Waals surface area contributed by atoms with Crippen LogP contribution in [0, 0.1) is 0 Å². The van der Waals surface area contributed by atoms with E-state index in [-0.39, 0.29) is 0 Å². The molecule has 0 aromatic rings. The molecule has 0 fully saturated rings. The smallest absolute Gasteiger partial charge is 0.0844 e. The van der Waals surface area contributed by atoms with Crippen LogP contribution in [0.3, 0.4) is 0 Å². The van der Waals surface area contributed by atoms with Crippen LogP contribution in [0.1, 0.15) is 47.0 Å². The van der Waals surface area contributed by atoms with Crippen molar-refractivity contribution in [1.29, 1.82) is 0 Å². The zero-order chi connectivity index (χ0) is 15.8. The van der Waals surface area contributed by atoms with Crippen molar-refractivity contribution in [3.63, 3.8) is 0 Å². The Kier molecular flexibility index (Phi) is 62.5. The van der Waals surface area contributed by atoms with Crippen LogP contribution >= 0.6 is 0 Å². The van der Waals surface area contributed by atoms with E-state index >= 15 is 0 Å². The Hall–Kier alpha value is 0.420. The number of nitrogens with zero attached hydrogens (tertiary/aromatic N) is 4. The van der Waals surface area contributed by atoms with E-state index in [0.717, 1.165) is 26.2 Å². The minimum atomic E-state index is 0.944. The molecule has 0 spiro atoms. The Balaban J connectivity index is -0.0000000825. The molecule has 0 rings (SSSR count). The second kappa shape index (κ2) is 42.9. The standard InChI is InChI=1S/C5H11N.3C3H8N.Ta/c1-2-3-4-5-6;3*1-3-4-2;/h2-5H2,1H3;3*3H2,1-2H3;/q;3*-1;. The van der Waals surface area contributed by atoms with Crippen LogP contribution in [-0.4, -0.2) is 47.3 Å². The van der Waals surface area contributed by atoms with Gasteiger partial charge in [0, 0.05) is 0 Å². The molecule has 0 aliphatic carbocycles. The second-order valence-electron chi connectivity index (χ2n) is 3.47. The first-order valence-corrected chi connectivity index (χ1v) is 8.57. The molecular formula is C14H35N4Ta-3. The van der Waals surface area contributed by atoms with Crippen molar-refractivity contribution >= 4 is 0 Å². The third kappa shape index (κ3) is 90.2. The van der Waals surface area contributed by atoms with Gasteiger partial charge in [-0.1, -0.05) is 20.8 Å². The number of unbranched alkanes of at least 4 members (excludes halogenated alkanes) is 2. The van der Waals surface area contributed by atoms with Gasteiger partial charge in [-0.3, -0.25) is 0 Å². The molecule has 19 heavy (non-hydrogen) atoms. The summed E-state index contributed by atoms with van der Waals surface area (Å²) in [7, 11) is 5.42. The van der Waals surface area contributed by atoms with E-state index in [1.165, 1.54) is 40.2 Å². The fourth-order valence-electron chi connectivity index (χ4n) is 0.433. The summed E-state index contributed by atoms with van der Waals surface area (Å²) in [5, 5.41) is 11.2. The fourth-order valence-corrected chi connectivity index (χ4v) is 0.941. The van der Waals surface area contributed by atoms with Crippen LogP contribution in [0.4, 0.5) is 0 Å². The van der Waals surface area contributed by atoms with E-state index in [9.17, 15) is 0 Å². The summed E-state index contributed by atoms with van der Waals surface area (Å²) in [5.41, 5.74) is 0. The molecule has 0 unspecified atom stereocenters. The summed E-state index contributed by atoms with van der Waals surface area (Å²) < 4.78 is 4.08. The van der Waals surface area contributed by atoms with Gasteiger partial charge in [0.25, 0.3) is 0 Å². The largest absolute Gasteiger partial charge is 0.665 e. The first-order chi connectivity index (χ1) is 9.16. The van der Waals surface area contributed by atoms with Gasteiger partial charge in [0.05, 0.1) is 0 Å². The van der Waals surface area contributed by atoms with Crippen LogP contribution < -0.4 is 0 Å². The molecule has 0 aromatic heterocycles. The van der Waals surface area contributed by atoms with Crippen molar-refractivity contribution in [1.82, 2.24) is 0 Å². The first-order valence-electron chi connectivity index (χ1n) is 7.13. The third-order valence-corrected chi connectivity index (χ3v) is 2.53. The molecule has 0 amide bonds. The maximum atomic E-state index is 4.08. The first kappa shape index (κ1) is 27.7. The molecule has 4 nitrogen and oxygen atoms in total. The molecule has 0 N–H and O–H groups in total. The van der Waals surface area contributed by atoms with Crippen molar-refractivity contribution in [2.75, 3.05) is 47.3 Å². The Labute approximate surface area is 134 Å². The maximum Gasteiger partial charge on any atom is -0.0844 e. The van der Waals surface area contributed by atoms with Crippen molar-refractivity contribution in [3.8, 4) is 0 Å². The van der Waals surface area contributed by atoms with Crippen LogP contribution in [0.15, 0.2) is 3.34 Å². The summed E-state index contributed by atoms with van der Waals surface area (Å²) in [4.78, 5) is 0. The van der Waals surface area contributed by atoms with E-state index < -0.39 is 0 Å². The van der Waals surface area contributed by atoms with E-state index in [1.54, 1.807) is 21.1 Å². The quantitative estimate of drug-likeness (QED) is 0.504. The zero-order valence-electron chi connectivity index (χ0n) is 14.2. The molecule has 0 radical (unpaired) electrons. The number of hydrogen-bond donors (Lipinski definition) is 0. The molecular weight excluding hydrogens is 405 g/mol. The zero-order valence-corrected chi connectivity index (χ0v) is 17.4. The van der Waals surface area contributed by atoms with Gasteiger partial charge >= 0.3 is 57.0 Å². The van der Waals surface area contributed by atoms with Gasteiger partial charge in [-0.15, -0.1) is 0 Å². The average molecular weight is 440 g/mol. The Morgan fingerprint density at radius 2 is 1.05 bits per heavy atom. The molecule has 5 heteroatoms. The second-order valence-corrected chi connectivity index (χ2v) is 4.49. The molecule has 0 aliphatic rings. The van der Waals surface area contributed by atoms with Gasteiger partial charge in [0.15, 0.2) is 0 Å². The van der Waals surface area contributed by atoms with Crippen molar-refractivity contribution in [3.05, 3.63) is 16.0 Å². The van der Waals surface area contributed by atoms with Gasteiger partial charge in [0.1, 0.15) is 0 Å².